The summed E-state index contributed by atoms with van der Waals surface area (Å²) in [6.07, 6.45) is 0.921. The third kappa shape index (κ3) is 4.63. The van der Waals surface area contributed by atoms with Gasteiger partial charge in [-0.25, -0.2) is 4.98 Å². The number of rotatable bonds is 9. The number of hydrogen-bond acceptors (Lipinski definition) is 7. The van der Waals surface area contributed by atoms with Gasteiger partial charge in [-0.15, -0.1) is 0 Å². The van der Waals surface area contributed by atoms with Crippen LogP contribution in [0.25, 0.3) is 0 Å². The molecule has 1 atom stereocenters. The number of nitrogens with zero attached hydrogens (tertiary/aromatic N) is 2. The van der Waals surface area contributed by atoms with Gasteiger partial charge in [0.25, 0.3) is 0 Å². The van der Waals surface area contributed by atoms with Crippen LogP contribution in [0.3, 0.4) is 0 Å². The summed E-state index contributed by atoms with van der Waals surface area (Å²) >= 11 is 0. The molecule has 20 heavy (non-hydrogen) atoms. The summed E-state index contributed by atoms with van der Waals surface area (Å²) < 4.78 is 4.93. The van der Waals surface area contributed by atoms with E-state index in [-0.39, 0.29) is 24.7 Å². The number of aromatic nitrogens is 1. The van der Waals surface area contributed by atoms with E-state index in [9.17, 15) is 15.2 Å². The summed E-state index contributed by atoms with van der Waals surface area (Å²) in [5.41, 5.74) is -0.137. The van der Waals surface area contributed by atoms with Gasteiger partial charge in [0, 0.05) is 19.7 Å². The minimum absolute atomic E-state index is 0.118. The normalized spacial score (nSPS) is 11.9. The highest BCUT2D eigenvalue weighted by atomic mass is 16.6. The van der Waals surface area contributed by atoms with Crippen LogP contribution in [-0.4, -0.2) is 47.9 Å². The van der Waals surface area contributed by atoms with E-state index < -0.39 is 11.0 Å². The van der Waals surface area contributed by atoms with Crippen LogP contribution in [-0.2, 0) is 4.74 Å². The second kappa shape index (κ2) is 8.28. The molecule has 0 aromatic carbocycles. The molecule has 3 N–H and O–H groups in total. The van der Waals surface area contributed by atoms with Gasteiger partial charge in [0.1, 0.15) is 5.82 Å². The van der Waals surface area contributed by atoms with Crippen LogP contribution in [0.2, 0.25) is 0 Å². The van der Waals surface area contributed by atoms with E-state index in [1.54, 1.807) is 6.07 Å². The molecule has 0 radical (unpaired) electrons. The highest BCUT2D eigenvalue weighted by molar-refractivity contribution is 5.60. The smallest absolute Gasteiger partial charge is 0.311 e. The molecule has 0 fully saturated rings. The van der Waals surface area contributed by atoms with Crippen molar-refractivity contribution < 1.29 is 14.8 Å². The topological polar surface area (TPSA) is 110 Å². The third-order valence-corrected chi connectivity index (χ3v) is 2.56. The summed E-state index contributed by atoms with van der Waals surface area (Å²) in [5, 5.41) is 26.1. The molecule has 8 heteroatoms. The predicted molar refractivity (Wildman–Crippen MR) is 76.0 cm³/mol. The maximum atomic E-state index is 11.0. The van der Waals surface area contributed by atoms with Crippen LogP contribution in [0.1, 0.15) is 13.3 Å². The first-order valence-electron chi connectivity index (χ1n) is 6.38. The molecule has 0 aliphatic carbocycles. The zero-order valence-corrected chi connectivity index (χ0v) is 11.6. The van der Waals surface area contributed by atoms with Gasteiger partial charge >= 0.3 is 5.69 Å². The average Bonchev–Trinajstić information content (AvgIpc) is 2.44. The SMILES string of the molecule is CCCNc1ccc([N+](=O)[O-])c(NC(CO)COC)n1. The fourth-order valence-electron chi connectivity index (χ4n) is 1.59. The Morgan fingerprint density at radius 3 is 2.85 bits per heavy atom. The van der Waals surface area contributed by atoms with Crippen LogP contribution in [0.15, 0.2) is 12.1 Å². The molecule has 0 saturated heterocycles. The van der Waals surface area contributed by atoms with Gasteiger partial charge in [-0.05, 0) is 12.5 Å². The van der Waals surface area contributed by atoms with Crippen molar-refractivity contribution in [2.45, 2.75) is 19.4 Å². The predicted octanol–water partition coefficient (Wildman–Crippen LogP) is 1.23. The lowest BCUT2D eigenvalue weighted by atomic mass is 10.3. The van der Waals surface area contributed by atoms with Crippen molar-refractivity contribution >= 4 is 17.3 Å². The molecule has 1 heterocycles. The summed E-state index contributed by atoms with van der Waals surface area (Å²) in [5.74, 6) is 0.668. The molecule has 0 saturated carbocycles. The molecule has 1 aromatic heterocycles. The van der Waals surface area contributed by atoms with E-state index in [1.807, 2.05) is 6.92 Å². The number of anilines is 2. The van der Waals surface area contributed by atoms with Crippen LogP contribution < -0.4 is 10.6 Å². The van der Waals surface area contributed by atoms with Gasteiger partial charge < -0.3 is 20.5 Å². The number of aliphatic hydroxyl groups excluding tert-OH is 1. The molecule has 0 aliphatic rings. The molecular formula is C12H20N4O4. The number of nitrogens with one attached hydrogen (secondary N) is 2. The second-order valence-electron chi connectivity index (χ2n) is 4.23. The number of pyridine rings is 1. The third-order valence-electron chi connectivity index (χ3n) is 2.56. The van der Waals surface area contributed by atoms with Crippen molar-refractivity contribution in [1.82, 2.24) is 4.98 Å². The standard InChI is InChI=1S/C12H20N4O4/c1-3-6-13-11-5-4-10(16(18)19)12(15-11)14-9(7-17)8-20-2/h4-5,9,17H,3,6-8H2,1-2H3,(H2,13,14,15). The van der Waals surface area contributed by atoms with Crippen molar-refractivity contribution in [3.63, 3.8) is 0 Å². The van der Waals surface area contributed by atoms with Crippen LogP contribution in [0.4, 0.5) is 17.3 Å². The molecule has 1 aromatic rings. The summed E-state index contributed by atoms with van der Waals surface area (Å²) in [7, 11) is 1.49. The van der Waals surface area contributed by atoms with Gasteiger partial charge in [0.05, 0.1) is 24.2 Å². The van der Waals surface area contributed by atoms with Gasteiger partial charge in [0.15, 0.2) is 0 Å². The van der Waals surface area contributed by atoms with Crippen molar-refractivity contribution in [3.8, 4) is 0 Å². The summed E-state index contributed by atoms with van der Waals surface area (Å²) in [6.45, 7) is 2.75. The monoisotopic (exact) mass is 284 g/mol. The maximum Gasteiger partial charge on any atom is 0.311 e. The van der Waals surface area contributed by atoms with E-state index in [4.69, 9.17) is 4.74 Å². The number of nitro groups is 1. The zero-order chi connectivity index (χ0) is 15.0. The lowest BCUT2D eigenvalue weighted by molar-refractivity contribution is -0.384. The van der Waals surface area contributed by atoms with E-state index in [0.29, 0.717) is 5.82 Å². The summed E-state index contributed by atoms with van der Waals surface area (Å²) in [6, 6.07) is 2.49. The number of methoxy groups -OCH3 is 1. The lowest BCUT2D eigenvalue weighted by Crippen LogP contribution is -2.29. The Morgan fingerprint density at radius 1 is 1.55 bits per heavy atom. The Hall–Kier alpha value is -1.93. The zero-order valence-electron chi connectivity index (χ0n) is 11.6. The fourth-order valence-corrected chi connectivity index (χ4v) is 1.59. The van der Waals surface area contributed by atoms with Crippen LogP contribution in [0.5, 0.6) is 0 Å². The molecule has 0 amide bonds. The molecule has 0 aliphatic heterocycles. The maximum absolute atomic E-state index is 11.0. The summed E-state index contributed by atoms with van der Waals surface area (Å²) in [4.78, 5) is 14.6. The first kappa shape index (κ1) is 16.1. The van der Waals surface area contributed by atoms with Crippen LogP contribution in [0, 0.1) is 10.1 Å². The molecule has 112 valence electrons. The molecule has 0 bridgehead atoms. The Kier molecular flexibility index (Phi) is 6.68. The quantitative estimate of drug-likeness (QED) is 0.462. The minimum atomic E-state index is -0.514. The molecular weight excluding hydrogens is 264 g/mol. The first-order valence-corrected chi connectivity index (χ1v) is 6.38. The van der Waals surface area contributed by atoms with Gasteiger partial charge in [0.2, 0.25) is 5.82 Å². The Labute approximate surface area is 117 Å². The minimum Gasteiger partial charge on any atom is -0.394 e. The highest BCUT2D eigenvalue weighted by Gasteiger charge is 2.19. The van der Waals surface area contributed by atoms with Gasteiger partial charge in [-0.3, -0.25) is 10.1 Å². The van der Waals surface area contributed by atoms with E-state index in [2.05, 4.69) is 15.6 Å². The van der Waals surface area contributed by atoms with Crippen molar-refractivity contribution in [1.29, 1.82) is 0 Å². The highest BCUT2D eigenvalue weighted by Crippen LogP contribution is 2.24. The molecule has 0 spiro atoms. The van der Waals surface area contributed by atoms with Crippen molar-refractivity contribution in [2.24, 2.45) is 0 Å². The average molecular weight is 284 g/mol. The number of aliphatic hydroxyl groups is 1. The number of hydrogen-bond donors (Lipinski definition) is 3. The van der Waals surface area contributed by atoms with Gasteiger partial charge in [-0.1, -0.05) is 6.92 Å². The van der Waals surface area contributed by atoms with Gasteiger partial charge in [-0.2, -0.15) is 0 Å². The Morgan fingerprint density at radius 2 is 2.30 bits per heavy atom. The number of ether oxygens (including phenoxy) is 1. The van der Waals surface area contributed by atoms with E-state index in [0.717, 1.165) is 13.0 Å². The molecule has 8 nitrogen and oxygen atoms in total. The van der Waals surface area contributed by atoms with Crippen molar-refractivity contribution in [2.75, 3.05) is 37.5 Å². The Bertz CT molecular complexity index is 441. The Balaban J connectivity index is 2.95. The fraction of sp³-hybridized carbons (Fsp3) is 0.583. The van der Waals surface area contributed by atoms with E-state index >= 15 is 0 Å². The lowest BCUT2D eigenvalue weighted by Gasteiger charge is -2.16. The molecule has 1 unspecified atom stereocenters. The largest absolute Gasteiger partial charge is 0.394 e. The second-order valence-corrected chi connectivity index (χ2v) is 4.23. The van der Waals surface area contributed by atoms with Crippen molar-refractivity contribution in [3.05, 3.63) is 22.2 Å². The first-order chi connectivity index (χ1) is 9.62. The van der Waals surface area contributed by atoms with E-state index in [1.165, 1.54) is 13.2 Å². The molecule has 1 rings (SSSR count). The van der Waals surface area contributed by atoms with Crippen LogP contribution >= 0.6 is 0 Å².